The van der Waals surface area contributed by atoms with Crippen LogP contribution in [0.2, 0.25) is 0 Å². The highest BCUT2D eigenvalue weighted by Gasteiger charge is 2.19. The number of para-hydroxylation sites is 1. The molecule has 9 heteroatoms. The van der Waals surface area contributed by atoms with Crippen LogP contribution in [0.5, 0.6) is 0 Å². The summed E-state index contributed by atoms with van der Waals surface area (Å²) in [5, 5.41) is 19.0. The van der Waals surface area contributed by atoms with Gasteiger partial charge in [0.1, 0.15) is 5.56 Å². The number of nitrogens with one attached hydrogen (secondary N) is 3. The highest BCUT2D eigenvalue weighted by molar-refractivity contribution is 7.80. The molecular weight excluding hydrogens is 368 g/mol. The molecule has 8 nitrogen and oxygen atoms in total. The summed E-state index contributed by atoms with van der Waals surface area (Å²) < 4.78 is 0. The van der Waals surface area contributed by atoms with Crippen LogP contribution < -0.4 is 16.0 Å². The molecular formula is C18H18N4O4S. The van der Waals surface area contributed by atoms with Gasteiger partial charge in [0.25, 0.3) is 11.6 Å². The van der Waals surface area contributed by atoms with Gasteiger partial charge in [-0.25, -0.2) is 0 Å². The van der Waals surface area contributed by atoms with Gasteiger partial charge in [-0.3, -0.25) is 25.0 Å². The predicted octanol–water partition coefficient (Wildman–Crippen LogP) is 3.32. The third-order valence-electron chi connectivity index (χ3n) is 3.48. The van der Waals surface area contributed by atoms with Crippen LogP contribution in [0.15, 0.2) is 48.5 Å². The van der Waals surface area contributed by atoms with Crippen molar-refractivity contribution in [1.82, 2.24) is 5.32 Å². The summed E-state index contributed by atoms with van der Waals surface area (Å²) in [4.78, 5) is 34.4. The molecule has 0 saturated heterocycles. The Labute approximate surface area is 161 Å². The van der Waals surface area contributed by atoms with E-state index in [9.17, 15) is 19.7 Å². The van der Waals surface area contributed by atoms with Gasteiger partial charge in [0, 0.05) is 23.4 Å². The second-order valence-electron chi connectivity index (χ2n) is 5.91. The lowest BCUT2D eigenvalue weighted by atomic mass is 10.1. The molecule has 0 heterocycles. The van der Waals surface area contributed by atoms with E-state index in [0.29, 0.717) is 11.4 Å². The van der Waals surface area contributed by atoms with E-state index in [0.717, 1.165) is 0 Å². The van der Waals surface area contributed by atoms with Gasteiger partial charge >= 0.3 is 0 Å². The van der Waals surface area contributed by atoms with Crippen LogP contribution in [0, 0.1) is 16.0 Å². The number of hydrogen-bond donors (Lipinski definition) is 3. The molecule has 0 bridgehead atoms. The van der Waals surface area contributed by atoms with E-state index in [2.05, 4.69) is 16.0 Å². The smallest absolute Gasteiger partial charge is 0.282 e. The molecule has 0 fully saturated rings. The first-order valence-corrected chi connectivity index (χ1v) is 8.45. The van der Waals surface area contributed by atoms with Crippen molar-refractivity contribution in [2.75, 3.05) is 10.6 Å². The average Bonchev–Trinajstić information content (AvgIpc) is 2.61. The van der Waals surface area contributed by atoms with Gasteiger partial charge in [-0.1, -0.05) is 32.0 Å². The van der Waals surface area contributed by atoms with Gasteiger partial charge in [0.05, 0.1) is 4.92 Å². The topological polar surface area (TPSA) is 113 Å². The number of rotatable bonds is 5. The van der Waals surface area contributed by atoms with Gasteiger partial charge in [0.15, 0.2) is 5.11 Å². The van der Waals surface area contributed by atoms with E-state index < -0.39 is 10.8 Å². The van der Waals surface area contributed by atoms with Gasteiger partial charge in [0.2, 0.25) is 5.91 Å². The molecule has 0 saturated carbocycles. The number of nitro groups is 1. The van der Waals surface area contributed by atoms with Crippen LogP contribution >= 0.6 is 12.2 Å². The molecule has 0 radical (unpaired) electrons. The molecule has 0 unspecified atom stereocenters. The first-order valence-electron chi connectivity index (χ1n) is 8.04. The van der Waals surface area contributed by atoms with Crippen molar-refractivity contribution < 1.29 is 14.5 Å². The number of anilines is 2. The van der Waals surface area contributed by atoms with Crippen molar-refractivity contribution in [3.05, 3.63) is 64.2 Å². The Morgan fingerprint density at radius 3 is 2.30 bits per heavy atom. The second kappa shape index (κ2) is 8.86. The fourth-order valence-electron chi connectivity index (χ4n) is 2.12. The van der Waals surface area contributed by atoms with E-state index in [4.69, 9.17) is 12.2 Å². The molecule has 27 heavy (non-hydrogen) atoms. The van der Waals surface area contributed by atoms with E-state index in [1.54, 1.807) is 38.1 Å². The monoisotopic (exact) mass is 386 g/mol. The highest BCUT2D eigenvalue weighted by atomic mass is 32.1. The highest BCUT2D eigenvalue weighted by Crippen LogP contribution is 2.18. The van der Waals surface area contributed by atoms with Crippen molar-refractivity contribution in [1.29, 1.82) is 0 Å². The lowest BCUT2D eigenvalue weighted by Crippen LogP contribution is -2.34. The maximum absolute atomic E-state index is 12.3. The van der Waals surface area contributed by atoms with Crippen molar-refractivity contribution in [3.63, 3.8) is 0 Å². The van der Waals surface area contributed by atoms with E-state index in [-0.39, 0.29) is 28.2 Å². The summed E-state index contributed by atoms with van der Waals surface area (Å²) in [5.41, 5.74) is 0.719. The maximum Gasteiger partial charge on any atom is 0.282 e. The Morgan fingerprint density at radius 2 is 1.67 bits per heavy atom. The Bertz CT molecular complexity index is 898. The average molecular weight is 386 g/mol. The van der Waals surface area contributed by atoms with Crippen LogP contribution in [0.25, 0.3) is 0 Å². The van der Waals surface area contributed by atoms with Crippen LogP contribution in [0.4, 0.5) is 17.1 Å². The molecule has 0 atom stereocenters. The lowest BCUT2D eigenvalue weighted by molar-refractivity contribution is -0.385. The molecule has 2 amide bonds. The Balaban J connectivity index is 2.05. The third-order valence-corrected chi connectivity index (χ3v) is 3.69. The van der Waals surface area contributed by atoms with E-state index in [1.165, 1.54) is 24.3 Å². The largest absolute Gasteiger partial charge is 0.332 e. The molecule has 3 N–H and O–H groups in total. The minimum atomic E-state index is -0.691. The number of thiocarbonyl (C=S) groups is 1. The van der Waals surface area contributed by atoms with Gasteiger partial charge in [-0.2, -0.15) is 0 Å². The number of hydrogen-bond acceptors (Lipinski definition) is 5. The molecule has 0 aliphatic carbocycles. The zero-order valence-corrected chi connectivity index (χ0v) is 15.5. The third kappa shape index (κ3) is 5.58. The standard InChI is InChI=1S/C18H18N4O4S/c1-11(2)16(23)19-12-6-5-7-13(10-12)20-18(27)21-17(24)14-8-3-4-9-15(14)22(25)26/h3-11H,1-2H3,(H,19,23)(H2,20,21,24,27). The lowest BCUT2D eigenvalue weighted by Gasteiger charge is -2.12. The van der Waals surface area contributed by atoms with E-state index >= 15 is 0 Å². The quantitative estimate of drug-likeness (QED) is 0.413. The van der Waals surface area contributed by atoms with E-state index in [1.807, 2.05) is 0 Å². The summed E-state index contributed by atoms with van der Waals surface area (Å²) in [5.74, 6) is -0.980. The maximum atomic E-state index is 12.3. The van der Waals surface area contributed by atoms with Crippen molar-refractivity contribution in [3.8, 4) is 0 Å². The molecule has 140 valence electrons. The summed E-state index contributed by atoms with van der Waals surface area (Å²) in [7, 11) is 0. The van der Waals surface area contributed by atoms with Crippen LogP contribution in [0.3, 0.4) is 0 Å². The molecule has 0 aliphatic rings. The molecule has 2 aromatic rings. The number of nitro benzene ring substituents is 1. The van der Waals surface area contributed by atoms with Crippen LogP contribution in [-0.2, 0) is 4.79 Å². The Morgan fingerprint density at radius 1 is 1.04 bits per heavy atom. The molecule has 0 aromatic heterocycles. The first-order chi connectivity index (χ1) is 12.8. The van der Waals surface area contributed by atoms with Crippen molar-refractivity contribution in [2.45, 2.75) is 13.8 Å². The molecule has 0 aliphatic heterocycles. The number of carbonyl (C=O) groups is 2. The Hall–Kier alpha value is -3.33. The fourth-order valence-corrected chi connectivity index (χ4v) is 2.33. The number of amides is 2. The first kappa shape index (κ1) is 20.0. The van der Waals surface area contributed by atoms with Gasteiger partial charge < -0.3 is 10.6 Å². The number of benzene rings is 2. The minimum Gasteiger partial charge on any atom is -0.332 e. The molecule has 0 spiro atoms. The summed E-state index contributed by atoms with van der Waals surface area (Å²) in [6.45, 7) is 3.57. The SMILES string of the molecule is CC(C)C(=O)Nc1cccc(NC(=S)NC(=O)c2ccccc2[N+](=O)[O-])c1. The normalized spacial score (nSPS) is 10.2. The van der Waals surface area contributed by atoms with Crippen molar-refractivity contribution in [2.24, 2.45) is 5.92 Å². The summed E-state index contributed by atoms with van der Waals surface area (Å²) in [6.07, 6.45) is 0. The summed E-state index contributed by atoms with van der Waals surface area (Å²) in [6, 6.07) is 12.4. The minimum absolute atomic E-state index is 0.0227. The Kier molecular flexibility index (Phi) is 6.56. The van der Waals surface area contributed by atoms with Gasteiger partial charge in [-0.15, -0.1) is 0 Å². The predicted molar refractivity (Wildman–Crippen MR) is 107 cm³/mol. The number of nitrogens with zero attached hydrogens (tertiary/aromatic N) is 1. The van der Waals surface area contributed by atoms with Gasteiger partial charge in [-0.05, 0) is 36.5 Å². The van der Waals surface area contributed by atoms with Crippen molar-refractivity contribution >= 4 is 46.2 Å². The number of carbonyl (C=O) groups excluding carboxylic acids is 2. The zero-order valence-electron chi connectivity index (χ0n) is 14.7. The van der Waals surface area contributed by atoms with Crippen LogP contribution in [0.1, 0.15) is 24.2 Å². The zero-order chi connectivity index (χ0) is 20.0. The fraction of sp³-hybridized carbons (Fsp3) is 0.167. The molecule has 2 rings (SSSR count). The summed E-state index contributed by atoms with van der Waals surface area (Å²) >= 11 is 5.09. The molecule has 2 aromatic carbocycles. The second-order valence-corrected chi connectivity index (χ2v) is 6.32. The van der Waals surface area contributed by atoms with Crippen LogP contribution in [-0.4, -0.2) is 21.9 Å².